The minimum Gasteiger partial charge on any atom is -0.350 e. The lowest BCUT2D eigenvalue weighted by atomic mass is 9.68. The normalized spacial score (nSPS) is 18.9. The van der Waals surface area contributed by atoms with Gasteiger partial charge in [-0.25, -0.2) is 0 Å². The van der Waals surface area contributed by atoms with Gasteiger partial charge in [-0.1, -0.05) is 83.2 Å². The fourth-order valence-corrected chi connectivity index (χ4v) is 5.69. The first-order valence-corrected chi connectivity index (χ1v) is 12.9. The van der Waals surface area contributed by atoms with E-state index in [1.54, 1.807) is 0 Å². The van der Waals surface area contributed by atoms with E-state index in [0.717, 1.165) is 32.2 Å². The minimum absolute atomic E-state index is 0.0406. The van der Waals surface area contributed by atoms with Gasteiger partial charge in [0.1, 0.15) is 0 Å². The number of allylic oxidation sites excluding steroid dienone is 4. The van der Waals surface area contributed by atoms with Crippen molar-refractivity contribution in [1.29, 1.82) is 0 Å². The summed E-state index contributed by atoms with van der Waals surface area (Å²) < 4.78 is 0. The second-order valence-electron chi connectivity index (χ2n) is 11.3. The van der Waals surface area contributed by atoms with Crippen LogP contribution in [0.1, 0.15) is 94.9 Å². The average Bonchev–Trinajstić information content (AvgIpc) is 2.67. The Morgan fingerprint density at radius 1 is 0.848 bits per heavy atom. The van der Waals surface area contributed by atoms with E-state index in [2.05, 4.69) is 102 Å². The quantitative estimate of drug-likeness (QED) is 0.248. The zero-order valence-electron chi connectivity index (χ0n) is 23.6. The molecule has 190 valence electrons. The van der Waals surface area contributed by atoms with Crippen LogP contribution in [0.25, 0.3) is 0 Å². The zero-order valence-corrected chi connectivity index (χ0v) is 23.6. The molecule has 0 aliphatic heterocycles. The number of rotatable bonds is 15. The maximum Gasteiger partial charge on any atom is 0.234 e. The Bertz CT molecular complexity index is 672. The molecule has 0 rings (SSSR count). The molecule has 0 aliphatic rings. The first-order valence-electron chi connectivity index (χ1n) is 12.9. The molecule has 2 N–H and O–H groups in total. The van der Waals surface area contributed by atoms with Crippen LogP contribution in [-0.2, 0) is 4.79 Å². The summed E-state index contributed by atoms with van der Waals surface area (Å²) in [5.41, 5.74) is -1.12. The van der Waals surface area contributed by atoms with Gasteiger partial charge < -0.3 is 10.6 Å². The lowest BCUT2D eigenvalue weighted by Gasteiger charge is -2.42. The van der Waals surface area contributed by atoms with E-state index in [1.165, 1.54) is 0 Å². The second-order valence-corrected chi connectivity index (χ2v) is 11.3. The van der Waals surface area contributed by atoms with Gasteiger partial charge in [-0.05, 0) is 78.7 Å². The molecule has 0 bridgehead atoms. The van der Waals surface area contributed by atoms with Crippen molar-refractivity contribution >= 4 is 5.91 Å². The van der Waals surface area contributed by atoms with E-state index in [9.17, 15) is 4.79 Å². The summed E-state index contributed by atoms with van der Waals surface area (Å²) in [6.07, 6.45) is 20.6. The van der Waals surface area contributed by atoms with Crippen molar-refractivity contribution in [1.82, 2.24) is 10.6 Å². The van der Waals surface area contributed by atoms with Gasteiger partial charge in [0, 0.05) is 17.5 Å². The highest BCUT2D eigenvalue weighted by molar-refractivity contribution is 5.87. The molecule has 0 aromatic carbocycles. The van der Waals surface area contributed by atoms with Gasteiger partial charge in [-0.3, -0.25) is 4.79 Å². The van der Waals surface area contributed by atoms with E-state index < -0.39 is 5.41 Å². The number of nitrogens with one attached hydrogen (secondary N) is 2. The maximum absolute atomic E-state index is 14.1. The second kappa shape index (κ2) is 13.9. The molecule has 0 aromatic rings. The van der Waals surface area contributed by atoms with E-state index in [1.807, 2.05) is 33.0 Å². The molecule has 3 heteroatoms. The van der Waals surface area contributed by atoms with E-state index in [0.29, 0.717) is 5.92 Å². The molecule has 0 heterocycles. The molecule has 0 radical (unpaired) electrons. The van der Waals surface area contributed by atoms with Crippen LogP contribution in [0.5, 0.6) is 0 Å². The molecule has 1 amide bonds. The number of carbonyl (C=O) groups is 1. The zero-order chi connectivity index (χ0) is 25.8. The monoisotopic (exact) mass is 458 g/mol. The van der Waals surface area contributed by atoms with Crippen LogP contribution in [0.15, 0.2) is 48.6 Å². The van der Waals surface area contributed by atoms with Crippen LogP contribution in [0.4, 0.5) is 0 Å². The van der Waals surface area contributed by atoms with Gasteiger partial charge in [-0.15, -0.1) is 0 Å². The Kier molecular flexibility index (Phi) is 13.3. The van der Waals surface area contributed by atoms with Gasteiger partial charge in [0.2, 0.25) is 5.91 Å². The number of amides is 1. The summed E-state index contributed by atoms with van der Waals surface area (Å²) in [5, 5.41) is 6.88. The molecule has 0 fully saturated rings. The third-order valence-corrected chi connectivity index (χ3v) is 6.50. The Balaban J connectivity index is 6.30. The molecule has 0 saturated heterocycles. The Hall–Kier alpha value is -1.61. The highest BCUT2D eigenvalue weighted by atomic mass is 16.2. The Labute approximate surface area is 206 Å². The van der Waals surface area contributed by atoms with Crippen molar-refractivity contribution in [3.05, 3.63) is 48.6 Å². The molecule has 1 atom stereocenters. The van der Waals surface area contributed by atoms with Crippen LogP contribution in [0.3, 0.4) is 0 Å². The average molecular weight is 459 g/mol. The van der Waals surface area contributed by atoms with Crippen LogP contribution in [0.2, 0.25) is 0 Å². The molecule has 0 saturated carbocycles. The number of hydrogen-bond donors (Lipinski definition) is 2. The molecule has 33 heavy (non-hydrogen) atoms. The van der Waals surface area contributed by atoms with E-state index in [-0.39, 0.29) is 22.3 Å². The summed E-state index contributed by atoms with van der Waals surface area (Å²) in [4.78, 5) is 14.1. The van der Waals surface area contributed by atoms with Crippen molar-refractivity contribution in [3.63, 3.8) is 0 Å². The Morgan fingerprint density at radius 3 is 1.70 bits per heavy atom. The predicted octanol–water partition coefficient (Wildman–Crippen LogP) is 7.62. The van der Waals surface area contributed by atoms with E-state index in [4.69, 9.17) is 0 Å². The first-order chi connectivity index (χ1) is 15.3. The molecule has 0 spiro atoms. The fourth-order valence-electron chi connectivity index (χ4n) is 5.69. The molecule has 0 aliphatic carbocycles. The van der Waals surface area contributed by atoms with Gasteiger partial charge >= 0.3 is 0 Å². The van der Waals surface area contributed by atoms with Crippen LogP contribution in [0, 0.1) is 22.2 Å². The van der Waals surface area contributed by atoms with Crippen molar-refractivity contribution in [2.75, 3.05) is 13.6 Å². The van der Waals surface area contributed by atoms with Crippen molar-refractivity contribution in [2.24, 2.45) is 22.2 Å². The van der Waals surface area contributed by atoms with Crippen LogP contribution >= 0.6 is 0 Å². The highest BCUT2D eigenvalue weighted by Gasteiger charge is 2.42. The first kappa shape index (κ1) is 31.4. The summed E-state index contributed by atoms with van der Waals surface area (Å²) in [6, 6.07) is 0. The number of carbonyl (C=O) groups excluding carboxylic acids is 1. The summed E-state index contributed by atoms with van der Waals surface area (Å²) in [6.45, 7) is 22.4. The standard InChI is InChI=1S/C30H54N2O/c1-12-17-29(18-13-2,24-31-11)23-28(10,16-5)32-26(33)30(19-14-3,20-15-4)22-27(8,9)21-25(6)7/h12-15,17-20,25,31H,16,21-24H2,1-11H3,(H,32,33). The fraction of sp³-hybridized carbons (Fsp3) is 0.700. The summed E-state index contributed by atoms with van der Waals surface area (Å²) >= 11 is 0. The SMILES string of the molecule is CC=CC(C=CC)(CNC)CC(C)(CC)NC(=O)C(C=CC)(C=CC)CC(C)(C)CC(C)C. The van der Waals surface area contributed by atoms with Crippen molar-refractivity contribution < 1.29 is 4.79 Å². The highest BCUT2D eigenvalue weighted by Crippen LogP contribution is 2.42. The molecule has 3 nitrogen and oxygen atoms in total. The van der Waals surface area contributed by atoms with Gasteiger partial charge in [0.05, 0.1) is 5.41 Å². The topological polar surface area (TPSA) is 41.1 Å². The molecular formula is C30H54N2O. The third kappa shape index (κ3) is 10.0. The largest absolute Gasteiger partial charge is 0.350 e. The van der Waals surface area contributed by atoms with E-state index >= 15 is 0 Å². The smallest absolute Gasteiger partial charge is 0.234 e. The lowest BCUT2D eigenvalue weighted by molar-refractivity contribution is -0.130. The summed E-state index contributed by atoms with van der Waals surface area (Å²) in [5.74, 6) is 0.681. The Morgan fingerprint density at radius 2 is 1.33 bits per heavy atom. The summed E-state index contributed by atoms with van der Waals surface area (Å²) in [7, 11) is 1.99. The minimum atomic E-state index is -0.662. The molecular weight excluding hydrogens is 404 g/mol. The molecule has 1 unspecified atom stereocenters. The van der Waals surface area contributed by atoms with Gasteiger partial charge in [-0.2, -0.15) is 0 Å². The maximum atomic E-state index is 14.1. The van der Waals surface area contributed by atoms with Crippen molar-refractivity contribution in [2.45, 2.75) is 100 Å². The van der Waals surface area contributed by atoms with Crippen LogP contribution in [-0.4, -0.2) is 25.0 Å². The number of hydrogen-bond acceptors (Lipinski definition) is 2. The van der Waals surface area contributed by atoms with Crippen LogP contribution < -0.4 is 10.6 Å². The van der Waals surface area contributed by atoms with Gasteiger partial charge in [0.25, 0.3) is 0 Å². The third-order valence-electron chi connectivity index (χ3n) is 6.50. The predicted molar refractivity (Wildman–Crippen MR) is 147 cm³/mol. The lowest BCUT2D eigenvalue weighted by Crippen LogP contribution is -2.54. The molecule has 0 aromatic heterocycles. The van der Waals surface area contributed by atoms with Gasteiger partial charge in [0.15, 0.2) is 0 Å². The van der Waals surface area contributed by atoms with Crippen molar-refractivity contribution in [3.8, 4) is 0 Å².